The zero-order chi connectivity index (χ0) is 9.30. The van der Waals surface area contributed by atoms with E-state index in [1.807, 2.05) is 0 Å². The number of aromatic nitrogens is 3. The number of primary amides is 1. The van der Waals surface area contributed by atoms with E-state index in [0.717, 1.165) is 0 Å². The highest BCUT2D eigenvalue weighted by atomic mass is 16.2. The minimum Gasteiger partial charge on any atom is -0.364 e. The maximum absolute atomic E-state index is 11.2. The van der Waals surface area contributed by atoms with Crippen LogP contribution in [-0.2, 0) is 0 Å². The first-order chi connectivity index (χ1) is 5.54. The molecule has 1 aromatic heterocycles. The molecule has 1 rings (SSSR count). The Morgan fingerprint density at radius 2 is 2.25 bits per heavy atom. The van der Waals surface area contributed by atoms with Gasteiger partial charge < -0.3 is 5.73 Å². The average molecular weight is 170 g/mol. The lowest BCUT2D eigenvalue weighted by molar-refractivity contribution is 0.0994. The zero-order valence-electron chi connectivity index (χ0n) is 6.87. The fourth-order valence-electron chi connectivity index (χ4n) is 0.822. The van der Waals surface area contributed by atoms with Crippen LogP contribution < -0.4 is 11.3 Å². The Morgan fingerprint density at radius 1 is 1.67 bits per heavy atom. The monoisotopic (exact) mass is 170 g/mol. The summed E-state index contributed by atoms with van der Waals surface area (Å²) in [5, 5.41) is 5.90. The number of aromatic amines is 1. The van der Waals surface area contributed by atoms with Gasteiger partial charge in [-0.05, 0) is 13.8 Å². The molecule has 66 valence electrons. The second kappa shape index (κ2) is 2.80. The van der Waals surface area contributed by atoms with Crippen molar-refractivity contribution in [3.63, 3.8) is 0 Å². The van der Waals surface area contributed by atoms with Crippen molar-refractivity contribution in [3.05, 3.63) is 16.0 Å². The third-order valence-corrected chi connectivity index (χ3v) is 1.44. The summed E-state index contributed by atoms with van der Waals surface area (Å²) < 4.78 is 1.24. The molecule has 0 atom stereocenters. The number of nitrogens with one attached hydrogen (secondary N) is 1. The van der Waals surface area contributed by atoms with Crippen LogP contribution in [0.15, 0.2) is 4.79 Å². The standard InChI is InChI=1S/C6H10N4O2/c1-3(2)10-6(12)4(5(7)11)8-9-10/h3,9H,1-2H3,(H2,7,11). The molecular formula is C6H10N4O2. The van der Waals surface area contributed by atoms with Gasteiger partial charge in [-0.25, -0.2) is 9.90 Å². The molecule has 0 aliphatic rings. The van der Waals surface area contributed by atoms with Crippen LogP contribution in [0.3, 0.4) is 0 Å². The molecule has 0 spiro atoms. The largest absolute Gasteiger partial charge is 0.364 e. The van der Waals surface area contributed by atoms with Crippen molar-refractivity contribution in [1.82, 2.24) is 15.0 Å². The third-order valence-electron chi connectivity index (χ3n) is 1.44. The normalized spacial score (nSPS) is 10.6. The summed E-state index contributed by atoms with van der Waals surface area (Å²) in [5.41, 5.74) is 4.17. The maximum atomic E-state index is 11.2. The van der Waals surface area contributed by atoms with Gasteiger partial charge in [0, 0.05) is 6.04 Å². The quantitative estimate of drug-likeness (QED) is 0.611. The lowest BCUT2D eigenvalue weighted by atomic mass is 10.4. The van der Waals surface area contributed by atoms with E-state index < -0.39 is 11.5 Å². The molecule has 1 amide bonds. The van der Waals surface area contributed by atoms with E-state index in [0.29, 0.717) is 0 Å². The van der Waals surface area contributed by atoms with Gasteiger partial charge in [0.2, 0.25) is 5.69 Å². The molecule has 0 aliphatic carbocycles. The number of hydrogen-bond donors (Lipinski definition) is 2. The molecule has 0 fully saturated rings. The highest BCUT2D eigenvalue weighted by molar-refractivity contribution is 5.90. The van der Waals surface area contributed by atoms with Gasteiger partial charge in [0.15, 0.2) is 0 Å². The van der Waals surface area contributed by atoms with Crippen molar-refractivity contribution in [3.8, 4) is 0 Å². The molecule has 0 bridgehead atoms. The predicted octanol–water partition coefficient (Wildman–Crippen LogP) is -0.749. The molecule has 6 nitrogen and oxygen atoms in total. The van der Waals surface area contributed by atoms with Gasteiger partial charge in [0.25, 0.3) is 11.5 Å². The molecule has 6 heteroatoms. The van der Waals surface area contributed by atoms with Gasteiger partial charge in [-0.15, -0.1) is 5.10 Å². The number of rotatable bonds is 2. The van der Waals surface area contributed by atoms with Crippen molar-refractivity contribution in [1.29, 1.82) is 0 Å². The first-order valence-corrected chi connectivity index (χ1v) is 3.50. The molecule has 1 aromatic rings. The van der Waals surface area contributed by atoms with E-state index in [-0.39, 0.29) is 11.7 Å². The fourth-order valence-corrected chi connectivity index (χ4v) is 0.822. The number of amides is 1. The molecule has 0 saturated heterocycles. The molecular weight excluding hydrogens is 160 g/mol. The van der Waals surface area contributed by atoms with Gasteiger partial charge in [0.05, 0.1) is 0 Å². The lowest BCUT2D eigenvalue weighted by Gasteiger charge is -2.01. The molecule has 3 N–H and O–H groups in total. The van der Waals surface area contributed by atoms with E-state index in [1.54, 1.807) is 13.8 Å². The van der Waals surface area contributed by atoms with Crippen molar-refractivity contribution in [2.75, 3.05) is 0 Å². The fraction of sp³-hybridized carbons (Fsp3) is 0.500. The molecule has 0 aromatic carbocycles. The zero-order valence-corrected chi connectivity index (χ0v) is 6.87. The Hall–Kier alpha value is -1.59. The van der Waals surface area contributed by atoms with Gasteiger partial charge in [-0.1, -0.05) is 0 Å². The Kier molecular flexibility index (Phi) is 1.99. The minimum atomic E-state index is -0.810. The molecule has 0 aliphatic heterocycles. The molecule has 0 unspecified atom stereocenters. The Morgan fingerprint density at radius 3 is 2.50 bits per heavy atom. The van der Waals surface area contributed by atoms with Crippen LogP contribution in [0.2, 0.25) is 0 Å². The topological polar surface area (TPSA) is 93.8 Å². The summed E-state index contributed by atoms with van der Waals surface area (Å²) in [6, 6.07) is -0.0573. The Balaban J connectivity index is 3.23. The van der Waals surface area contributed by atoms with Crippen LogP contribution in [0, 0.1) is 0 Å². The van der Waals surface area contributed by atoms with Gasteiger partial charge in [-0.3, -0.25) is 9.59 Å². The van der Waals surface area contributed by atoms with Crippen LogP contribution in [0.4, 0.5) is 0 Å². The predicted molar refractivity (Wildman–Crippen MR) is 41.8 cm³/mol. The first kappa shape index (κ1) is 8.51. The summed E-state index contributed by atoms with van der Waals surface area (Å²) in [6.07, 6.45) is 0. The van der Waals surface area contributed by atoms with Gasteiger partial charge in [0.1, 0.15) is 0 Å². The van der Waals surface area contributed by atoms with Crippen LogP contribution in [0.25, 0.3) is 0 Å². The second-order valence-corrected chi connectivity index (χ2v) is 2.69. The first-order valence-electron chi connectivity index (χ1n) is 3.50. The van der Waals surface area contributed by atoms with Crippen LogP contribution in [0.1, 0.15) is 30.4 Å². The van der Waals surface area contributed by atoms with Crippen LogP contribution >= 0.6 is 0 Å². The van der Waals surface area contributed by atoms with Crippen LogP contribution in [-0.4, -0.2) is 20.9 Å². The third kappa shape index (κ3) is 1.23. The minimum absolute atomic E-state index is 0.0573. The number of nitrogens with two attached hydrogens (primary N) is 1. The highest BCUT2D eigenvalue weighted by Gasteiger charge is 2.14. The number of carbonyl (C=O) groups excluding carboxylic acids is 1. The molecule has 12 heavy (non-hydrogen) atoms. The summed E-state index contributed by atoms with van der Waals surface area (Å²) >= 11 is 0. The smallest absolute Gasteiger partial charge is 0.299 e. The SMILES string of the molecule is CC(C)n1[nH]nc(C(N)=O)c1=O. The van der Waals surface area contributed by atoms with Crippen LogP contribution in [0.5, 0.6) is 0 Å². The van der Waals surface area contributed by atoms with Crippen molar-refractivity contribution in [2.24, 2.45) is 5.73 Å². The summed E-state index contributed by atoms with van der Waals surface area (Å²) in [5.74, 6) is -0.810. The number of H-pyrrole nitrogens is 1. The summed E-state index contributed by atoms with van der Waals surface area (Å²) in [4.78, 5) is 21.8. The number of hydrogen-bond acceptors (Lipinski definition) is 3. The van der Waals surface area contributed by atoms with Crippen molar-refractivity contribution >= 4 is 5.91 Å². The van der Waals surface area contributed by atoms with E-state index in [2.05, 4.69) is 10.3 Å². The summed E-state index contributed by atoms with van der Waals surface area (Å²) in [7, 11) is 0. The van der Waals surface area contributed by atoms with E-state index >= 15 is 0 Å². The average Bonchev–Trinajstić information content (AvgIpc) is 2.30. The number of nitrogens with zero attached hydrogens (tertiary/aromatic N) is 2. The highest BCUT2D eigenvalue weighted by Crippen LogP contribution is 1.95. The van der Waals surface area contributed by atoms with Gasteiger partial charge >= 0.3 is 0 Å². The molecule has 0 radical (unpaired) electrons. The maximum Gasteiger partial charge on any atom is 0.299 e. The Bertz CT molecular complexity index is 349. The van der Waals surface area contributed by atoms with E-state index in [4.69, 9.17) is 5.73 Å². The van der Waals surface area contributed by atoms with E-state index in [1.165, 1.54) is 4.68 Å². The number of carbonyl (C=O) groups is 1. The van der Waals surface area contributed by atoms with E-state index in [9.17, 15) is 9.59 Å². The lowest BCUT2D eigenvalue weighted by Crippen LogP contribution is -2.26. The van der Waals surface area contributed by atoms with Crippen molar-refractivity contribution in [2.45, 2.75) is 19.9 Å². The van der Waals surface area contributed by atoms with Crippen molar-refractivity contribution < 1.29 is 4.79 Å². The second-order valence-electron chi connectivity index (χ2n) is 2.69. The van der Waals surface area contributed by atoms with Gasteiger partial charge in [-0.2, -0.15) is 0 Å². The summed E-state index contributed by atoms with van der Waals surface area (Å²) in [6.45, 7) is 3.59. The molecule has 1 heterocycles. The Labute approximate surface area is 68.3 Å². The molecule has 0 saturated carbocycles.